The van der Waals surface area contributed by atoms with Crippen LogP contribution in [0.1, 0.15) is 5.56 Å². The average molecular weight is 216 g/mol. The summed E-state index contributed by atoms with van der Waals surface area (Å²) in [5, 5.41) is 11.5. The highest BCUT2D eigenvalue weighted by molar-refractivity contribution is 7.80. The Morgan fingerprint density at radius 1 is 1.07 bits per heavy atom. The summed E-state index contributed by atoms with van der Waals surface area (Å²) in [4.78, 5) is 0. The van der Waals surface area contributed by atoms with Crippen molar-refractivity contribution in [3.05, 3.63) is 48.0 Å². The molecule has 2 heteroatoms. The third-order valence-electron chi connectivity index (χ3n) is 2.26. The van der Waals surface area contributed by atoms with Gasteiger partial charge in [0.25, 0.3) is 0 Å². The van der Waals surface area contributed by atoms with Crippen molar-refractivity contribution in [3.8, 4) is 5.75 Å². The quantitative estimate of drug-likeness (QED) is 0.736. The number of phenolic OH excluding ortho intramolecular Hbond substituents is 1. The standard InChI is InChI=1S/C13H12OS/c14-13-6-5-11-8-10(2-1-7-15)3-4-12(11)9-13/h1-6,8-9,14-15H,7H2. The first kappa shape index (κ1) is 10.1. The Kier molecular flexibility index (Phi) is 2.97. The van der Waals surface area contributed by atoms with Gasteiger partial charge in [-0.15, -0.1) is 0 Å². The lowest BCUT2D eigenvalue weighted by atomic mass is 10.1. The lowest BCUT2D eigenvalue weighted by Crippen LogP contribution is -1.76. The van der Waals surface area contributed by atoms with Gasteiger partial charge in [0.2, 0.25) is 0 Å². The van der Waals surface area contributed by atoms with Crippen LogP contribution in [-0.2, 0) is 0 Å². The van der Waals surface area contributed by atoms with E-state index in [2.05, 4.69) is 18.7 Å². The second-order valence-electron chi connectivity index (χ2n) is 3.38. The van der Waals surface area contributed by atoms with Crippen molar-refractivity contribution in [1.82, 2.24) is 0 Å². The molecule has 2 rings (SSSR count). The first-order chi connectivity index (χ1) is 7.29. The fourth-order valence-corrected chi connectivity index (χ4v) is 1.65. The van der Waals surface area contributed by atoms with E-state index in [4.69, 9.17) is 0 Å². The zero-order valence-corrected chi connectivity index (χ0v) is 9.11. The summed E-state index contributed by atoms with van der Waals surface area (Å²) in [6.45, 7) is 0. The topological polar surface area (TPSA) is 20.2 Å². The van der Waals surface area contributed by atoms with Gasteiger partial charge in [-0.25, -0.2) is 0 Å². The molecule has 15 heavy (non-hydrogen) atoms. The van der Waals surface area contributed by atoms with Crippen LogP contribution < -0.4 is 0 Å². The molecule has 0 saturated carbocycles. The molecule has 0 unspecified atom stereocenters. The van der Waals surface area contributed by atoms with Gasteiger partial charge in [0, 0.05) is 5.75 Å². The number of rotatable bonds is 2. The molecule has 2 aromatic rings. The number of thiol groups is 1. The first-order valence-corrected chi connectivity index (χ1v) is 5.43. The van der Waals surface area contributed by atoms with Gasteiger partial charge >= 0.3 is 0 Å². The van der Waals surface area contributed by atoms with Crippen LogP contribution in [0.25, 0.3) is 16.8 Å². The Morgan fingerprint density at radius 2 is 1.80 bits per heavy atom. The monoisotopic (exact) mass is 216 g/mol. The van der Waals surface area contributed by atoms with Crippen LogP contribution >= 0.6 is 12.6 Å². The van der Waals surface area contributed by atoms with E-state index >= 15 is 0 Å². The Labute approximate surface area is 94.5 Å². The van der Waals surface area contributed by atoms with E-state index < -0.39 is 0 Å². The van der Waals surface area contributed by atoms with Gasteiger partial charge in [0.05, 0.1) is 0 Å². The van der Waals surface area contributed by atoms with Gasteiger partial charge in [-0.1, -0.05) is 30.4 Å². The van der Waals surface area contributed by atoms with Crippen LogP contribution in [0.5, 0.6) is 5.75 Å². The van der Waals surface area contributed by atoms with Crippen molar-refractivity contribution in [2.45, 2.75) is 0 Å². The van der Waals surface area contributed by atoms with Crippen molar-refractivity contribution >= 4 is 29.5 Å². The maximum Gasteiger partial charge on any atom is 0.116 e. The number of hydrogen-bond acceptors (Lipinski definition) is 2. The third kappa shape index (κ3) is 2.34. The second-order valence-corrected chi connectivity index (χ2v) is 3.74. The van der Waals surface area contributed by atoms with E-state index in [1.807, 2.05) is 30.4 Å². The molecule has 1 nitrogen and oxygen atoms in total. The largest absolute Gasteiger partial charge is 0.508 e. The molecule has 0 aliphatic carbocycles. The lowest BCUT2D eigenvalue weighted by Gasteiger charge is -2.00. The van der Waals surface area contributed by atoms with Crippen molar-refractivity contribution in [2.75, 3.05) is 5.75 Å². The molecule has 0 radical (unpaired) electrons. The first-order valence-electron chi connectivity index (χ1n) is 4.80. The molecule has 0 amide bonds. The molecular formula is C13H12OS. The van der Waals surface area contributed by atoms with E-state index in [0.29, 0.717) is 5.75 Å². The summed E-state index contributed by atoms with van der Waals surface area (Å²) in [6, 6.07) is 11.5. The molecule has 76 valence electrons. The number of fused-ring (bicyclic) bond motifs is 1. The highest BCUT2D eigenvalue weighted by Crippen LogP contribution is 2.21. The number of phenols is 1. The van der Waals surface area contributed by atoms with Crippen LogP contribution in [0, 0.1) is 0 Å². The van der Waals surface area contributed by atoms with Gasteiger partial charge in [-0.3, -0.25) is 0 Å². The molecule has 0 atom stereocenters. The molecule has 1 N–H and O–H groups in total. The van der Waals surface area contributed by atoms with E-state index in [1.165, 1.54) is 0 Å². The Balaban J connectivity index is 2.47. The third-order valence-corrected chi connectivity index (χ3v) is 2.47. The molecular weight excluding hydrogens is 204 g/mol. The van der Waals surface area contributed by atoms with Gasteiger partial charge in [0.15, 0.2) is 0 Å². The van der Waals surface area contributed by atoms with Crippen molar-refractivity contribution < 1.29 is 5.11 Å². The summed E-state index contributed by atoms with van der Waals surface area (Å²) in [6.07, 6.45) is 4.05. The maximum atomic E-state index is 9.32. The second kappa shape index (κ2) is 4.41. The molecule has 0 bridgehead atoms. The normalized spacial score (nSPS) is 11.3. The summed E-state index contributed by atoms with van der Waals surface area (Å²) in [5.74, 6) is 1.05. The Bertz CT molecular complexity index is 503. The predicted molar refractivity (Wildman–Crippen MR) is 68.5 cm³/mol. The minimum absolute atomic E-state index is 0.307. The van der Waals surface area contributed by atoms with Gasteiger partial charge in [0.1, 0.15) is 5.75 Å². The molecule has 0 spiro atoms. The van der Waals surface area contributed by atoms with Crippen LogP contribution in [0.15, 0.2) is 42.5 Å². The van der Waals surface area contributed by atoms with Gasteiger partial charge in [-0.05, 0) is 34.5 Å². The summed E-state index contributed by atoms with van der Waals surface area (Å²) >= 11 is 4.12. The van der Waals surface area contributed by atoms with E-state index in [0.717, 1.165) is 22.1 Å². The molecule has 0 heterocycles. The smallest absolute Gasteiger partial charge is 0.116 e. The van der Waals surface area contributed by atoms with E-state index in [9.17, 15) is 5.11 Å². The Morgan fingerprint density at radius 3 is 2.60 bits per heavy atom. The van der Waals surface area contributed by atoms with Gasteiger partial charge in [-0.2, -0.15) is 12.6 Å². The zero-order chi connectivity index (χ0) is 10.7. The highest BCUT2D eigenvalue weighted by Gasteiger charge is 1.95. The summed E-state index contributed by atoms with van der Waals surface area (Å²) in [5.41, 5.74) is 1.15. The minimum atomic E-state index is 0.307. The molecule has 0 aliphatic heterocycles. The molecule has 2 aromatic carbocycles. The van der Waals surface area contributed by atoms with Gasteiger partial charge < -0.3 is 5.11 Å². The van der Waals surface area contributed by atoms with Crippen molar-refractivity contribution in [2.24, 2.45) is 0 Å². The predicted octanol–water partition coefficient (Wildman–Crippen LogP) is 3.49. The fourth-order valence-electron chi connectivity index (χ4n) is 1.54. The summed E-state index contributed by atoms with van der Waals surface area (Å²) in [7, 11) is 0. The van der Waals surface area contributed by atoms with Crippen LogP contribution in [0.2, 0.25) is 0 Å². The number of hydrogen-bond donors (Lipinski definition) is 2. The zero-order valence-electron chi connectivity index (χ0n) is 8.22. The van der Waals surface area contributed by atoms with Crippen LogP contribution in [0.3, 0.4) is 0 Å². The van der Waals surface area contributed by atoms with Crippen molar-refractivity contribution in [1.29, 1.82) is 0 Å². The Hall–Kier alpha value is -1.41. The van der Waals surface area contributed by atoms with Crippen LogP contribution in [-0.4, -0.2) is 10.9 Å². The van der Waals surface area contributed by atoms with E-state index in [-0.39, 0.29) is 0 Å². The molecule has 0 aromatic heterocycles. The molecule has 0 aliphatic rings. The molecule has 0 fully saturated rings. The summed E-state index contributed by atoms with van der Waals surface area (Å²) < 4.78 is 0. The molecule has 0 saturated heterocycles. The van der Waals surface area contributed by atoms with Crippen LogP contribution in [0.4, 0.5) is 0 Å². The average Bonchev–Trinajstić information content (AvgIpc) is 2.26. The highest BCUT2D eigenvalue weighted by atomic mass is 32.1. The maximum absolute atomic E-state index is 9.32. The lowest BCUT2D eigenvalue weighted by molar-refractivity contribution is 0.476. The SMILES string of the molecule is Oc1ccc2cc(C=CCS)ccc2c1. The number of aromatic hydroxyl groups is 1. The minimum Gasteiger partial charge on any atom is -0.508 e. The van der Waals surface area contributed by atoms with E-state index in [1.54, 1.807) is 12.1 Å². The number of benzene rings is 2. The fraction of sp³-hybridized carbons (Fsp3) is 0.0769. The van der Waals surface area contributed by atoms with Crippen molar-refractivity contribution in [3.63, 3.8) is 0 Å².